The molecular weight excluding hydrogens is 252 g/mol. The Morgan fingerprint density at radius 1 is 1.45 bits per heavy atom. The van der Waals surface area contributed by atoms with E-state index < -0.39 is 0 Å². The molecule has 1 aliphatic heterocycles. The third-order valence-corrected chi connectivity index (χ3v) is 3.83. The van der Waals surface area contributed by atoms with Gasteiger partial charge in [-0.3, -0.25) is 0 Å². The second-order valence-electron chi connectivity index (χ2n) is 5.37. The van der Waals surface area contributed by atoms with Crippen LogP contribution in [-0.4, -0.2) is 49.9 Å². The first-order chi connectivity index (χ1) is 9.83. The summed E-state index contributed by atoms with van der Waals surface area (Å²) in [6.07, 6.45) is 5.18. The molecule has 0 aliphatic carbocycles. The molecule has 0 spiro atoms. The number of methoxy groups -OCH3 is 1. The van der Waals surface area contributed by atoms with E-state index >= 15 is 0 Å². The van der Waals surface area contributed by atoms with E-state index in [1.807, 2.05) is 0 Å². The van der Waals surface area contributed by atoms with Crippen LogP contribution in [0.4, 0.5) is 5.82 Å². The number of anilines is 1. The first-order valence-electron chi connectivity index (χ1n) is 7.59. The first kappa shape index (κ1) is 15.2. The number of rotatable bonds is 7. The van der Waals surface area contributed by atoms with Gasteiger partial charge in [0.05, 0.1) is 6.61 Å². The monoisotopic (exact) mass is 278 g/mol. The Bertz CT molecular complexity index is 399. The Labute approximate surface area is 121 Å². The summed E-state index contributed by atoms with van der Waals surface area (Å²) in [5.74, 6) is 1.78. The average molecular weight is 278 g/mol. The van der Waals surface area contributed by atoms with Gasteiger partial charge in [0.15, 0.2) is 0 Å². The van der Waals surface area contributed by atoms with Crippen molar-refractivity contribution in [3.63, 3.8) is 0 Å². The van der Waals surface area contributed by atoms with Gasteiger partial charge in [0, 0.05) is 38.5 Å². The van der Waals surface area contributed by atoms with Crippen molar-refractivity contribution in [1.29, 1.82) is 0 Å². The molecule has 0 radical (unpaired) electrons. The smallest absolute Gasteiger partial charge is 0.132 e. The van der Waals surface area contributed by atoms with E-state index in [9.17, 15) is 0 Å². The number of nitrogens with one attached hydrogen (secondary N) is 1. The van der Waals surface area contributed by atoms with Gasteiger partial charge >= 0.3 is 0 Å². The maximum absolute atomic E-state index is 5.06. The van der Waals surface area contributed by atoms with E-state index in [1.165, 1.54) is 12.8 Å². The number of nitrogens with zero attached hydrogens (tertiary/aromatic N) is 3. The summed E-state index contributed by atoms with van der Waals surface area (Å²) in [4.78, 5) is 11.1. The van der Waals surface area contributed by atoms with Crippen LogP contribution in [0.2, 0.25) is 0 Å². The molecule has 1 fully saturated rings. The van der Waals surface area contributed by atoms with Crippen molar-refractivity contribution in [2.24, 2.45) is 5.92 Å². The number of aromatic nitrogens is 2. The van der Waals surface area contributed by atoms with E-state index in [0.717, 1.165) is 50.7 Å². The Morgan fingerprint density at radius 3 is 3.15 bits per heavy atom. The maximum Gasteiger partial charge on any atom is 0.132 e. The third kappa shape index (κ3) is 4.42. The minimum atomic E-state index is 0.695. The van der Waals surface area contributed by atoms with Crippen LogP contribution in [0, 0.1) is 5.92 Å². The van der Waals surface area contributed by atoms with E-state index in [0.29, 0.717) is 5.92 Å². The number of hydrogen-bond donors (Lipinski definition) is 1. The molecule has 1 atom stereocenters. The standard InChI is InChI=1S/C15H26N4O/c1-3-14-9-15(18-12-17-14)19-7-4-5-13(11-19)10-16-6-8-20-2/h9,12-13,16H,3-8,10-11H2,1-2H3. The summed E-state index contributed by atoms with van der Waals surface area (Å²) < 4.78 is 5.06. The minimum absolute atomic E-state index is 0.695. The molecule has 20 heavy (non-hydrogen) atoms. The van der Waals surface area contributed by atoms with Crippen molar-refractivity contribution < 1.29 is 4.74 Å². The molecule has 0 bridgehead atoms. The molecule has 2 heterocycles. The molecular formula is C15H26N4O. The Kier molecular flexibility index (Phi) is 6.21. The first-order valence-corrected chi connectivity index (χ1v) is 7.59. The van der Waals surface area contributed by atoms with Crippen molar-refractivity contribution in [2.45, 2.75) is 26.2 Å². The Balaban J connectivity index is 1.86. The zero-order valence-electron chi connectivity index (χ0n) is 12.6. The maximum atomic E-state index is 5.06. The van der Waals surface area contributed by atoms with E-state index in [-0.39, 0.29) is 0 Å². The van der Waals surface area contributed by atoms with Gasteiger partial charge in [0.25, 0.3) is 0 Å². The van der Waals surface area contributed by atoms with Crippen LogP contribution < -0.4 is 10.2 Å². The van der Waals surface area contributed by atoms with Gasteiger partial charge < -0.3 is 15.0 Å². The van der Waals surface area contributed by atoms with Crippen LogP contribution in [0.15, 0.2) is 12.4 Å². The predicted octanol–water partition coefficient (Wildman–Crippen LogP) is 1.49. The highest BCUT2D eigenvalue weighted by atomic mass is 16.5. The lowest BCUT2D eigenvalue weighted by atomic mass is 9.98. The SMILES string of the molecule is CCc1cc(N2CCCC(CNCCOC)C2)ncn1. The highest BCUT2D eigenvalue weighted by molar-refractivity contribution is 5.39. The van der Waals surface area contributed by atoms with Crippen LogP contribution in [0.25, 0.3) is 0 Å². The van der Waals surface area contributed by atoms with Crippen molar-refractivity contribution in [3.8, 4) is 0 Å². The molecule has 1 saturated heterocycles. The molecule has 1 aromatic heterocycles. The highest BCUT2D eigenvalue weighted by Crippen LogP contribution is 2.21. The molecule has 5 nitrogen and oxygen atoms in total. The molecule has 1 aromatic rings. The molecule has 5 heteroatoms. The quantitative estimate of drug-likeness (QED) is 0.766. The van der Waals surface area contributed by atoms with Gasteiger partial charge in [-0.05, 0) is 31.7 Å². The summed E-state index contributed by atoms with van der Waals surface area (Å²) in [5, 5.41) is 3.47. The number of aryl methyl sites for hydroxylation is 1. The van der Waals surface area contributed by atoms with Crippen LogP contribution in [0.3, 0.4) is 0 Å². The third-order valence-electron chi connectivity index (χ3n) is 3.83. The second-order valence-corrected chi connectivity index (χ2v) is 5.37. The predicted molar refractivity (Wildman–Crippen MR) is 81.1 cm³/mol. The lowest BCUT2D eigenvalue weighted by molar-refractivity contribution is 0.197. The van der Waals surface area contributed by atoms with E-state index in [1.54, 1.807) is 13.4 Å². The van der Waals surface area contributed by atoms with Crippen LogP contribution in [-0.2, 0) is 11.2 Å². The Morgan fingerprint density at radius 2 is 2.35 bits per heavy atom. The van der Waals surface area contributed by atoms with Gasteiger partial charge in [-0.15, -0.1) is 0 Å². The molecule has 0 amide bonds. The van der Waals surface area contributed by atoms with Crippen molar-refractivity contribution in [2.75, 3.05) is 44.8 Å². The van der Waals surface area contributed by atoms with Gasteiger partial charge in [-0.25, -0.2) is 9.97 Å². The zero-order valence-corrected chi connectivity index (χ0v) is 12.6. The summed E-state index contributed by atoms with van der Waals surface area (Å²) in [7, 11) is 1.74. The lowest BCUT2D eigenvalue weighted by Crippen LogP contribution is -2.40. The largest absolute Gasteiger partial charge is 0.383 e. The normalized spacial score (nSPS) is 19.3. The number of ether oxygens (including phenoxy) is 1. The number of piperidine rings is 1. The fourth-order valence-electron chi connectivity index (χ4n) is 2.67. The van der Waals surface area contributed by atoms with E-state index in [4.69, 9.17) is 4.74 Å². The van der Waals surface area contributed by atoms with Crippen LogP contribution >= 0.6 is 0 Å². The van der Waals surface area contributed by atoms with Gasteiger partial charge in [-0.2, -0.15) is 0 Å². The molecule has 1 unspecified atom stereocenters. The lowest BCUT2D eigenvalue weighted by Gasteiger charge is -2.33. The van der Waals surface area contributed by atoms with Gasteiger partial charge in [0.1, 0.15) is 12.1 Å². The molecule has 2 rings (SSSR count). The van der Waals surface area contributed by atoms with Crippen molar-refractivity contribution >= 4 is 5.82 Å². The molecule has 0 saturated carbocycles. The van der Waals surface area contributed by atoms with Crippen LogP contribution in [0.1, 0.15) is 25.5 Å². The van der Waals surface area contributed by atoms with Crippen molar-refractivity contribution in [3.05, 3.63) is 18.1 Å². The molecule has 112 valence electrons. The summed E-state index contributed by atoms with van der Waals surface area (Å²) in [6.45, 7) is 7.09. The number of hydrogen-bond acceptors (Lipinski definition) is 5. The Hall–Kier alpha value is -1.20. The fourth-order valence-corrected chi connectivity index (χ4v) is 2.67. The highest BCUT2D eigenvalue weighted by Gasteiger charge is 2.20. The van der Waals surface area contributed by atoms with E-state index in [2.05, 4.69) is 33.2 Å². The van der Waals surface area contributed by atoms with Gasteiger partial charge in [0.2, 0.25) is 0 Å². The topological polar surface area (TPSA) is 50.3 Å². The van der Waals surface area contributed by atoms with Gasteiger partial charge in [-0.1, -0.05) is 6.92 Å². The van der Waals surface area contributed by atoms with Crippen LogP contribution in [0.5, 0.6) is 0 Å². The second kappa shape index (κ2) is 8.17. The summed E-state index contributed by atoms with van der Waals surface area (Å²) in [5.41, 5.74) is 1.12. The summed E-state index contributed by atoms with van der Waals surface area (Å²) >= 11 is 0. The van der Waals surface area contributed by atoms with Crippen molar-refractivity contribution in [1.82, 2.24) is 15.3 Å². The molecule has 0 aromatic carbocycles. The summed E-state index contributed by atoms with van der Waals surface area (Å²) in [6, 6.07) is 2.13. The molecule has 1 N–H and O–H groups in total. The minimum Gasteiger partial charge on any atom is -0.383 e. The fraction of sp³-hybridized carbons (Fsp3) is 0.733. The zero-order chi connectivity index (χ0) is 14.2. The molecule has 1 aliphatic rings. The average Bonchev–Trinajstić information content (AvgIpc) is 2.52.